The summed E-state index contributed by atoms with van der Waals surface area (Å²) in [6.45, 7) is 0.747. The summed E-state index contributed by atoms with van der Waals surface area (Å²) in [6.07, 6.45) is 5.05. The molecule has 172 valence electrons. The molecule has 7 nitrogen and oxygen atoms in total. The topological polar surface area (TPSA) is 82.2 Å². The normalized spacial score (nSPS) is 21.8. The highest BCUT2D eigenvalue weighted by Crippen LogP contribution is 2.29. The molecule has 1 fully saturated rings. The minimum absolute atomic E-state index is 0.104. The van der Waals surface area contributed by atoms with Gasteiger partial charge in [-0.15, -0.1) is 0 Å². The number of nitrogens with zero attached hydrogens (tertiary/aromatic N) is 3. The van der Waals surface area contributed by atoms with Gasteiger partial charge in [0, 0.05) is 44.2 Å². The molecule has 0 bridgehead atoms. The predicted octanol–water partition coefficient (Wildman–Crippen LogP) is 3.82. The van der Waals surface area contributed by atoms with E-state index in [-0.39, 0.29) is 11.9 Å². The molecule has 3 N–H and O–H groups in total. The van der Waals surface area contributed by atoms with E-state index in [1.807, 2.05) is 55.4 Å². The molecule has 0 radical (unpaired) electrons. The number of para-hydroxylation sites is 2. The van der Waals surface area contributed by atoms with Gasteiger partial charge in [-0.1, -0.05) is 30.3 Å². The second-order valence-electron chi connectivity index (χ2n) is 9.45. The number of anilines is 3. The zero-order valence-electron chi connectivity index (χ0n) is 19.3. The molecule has 1 aromatic heterocycles. The molecule has 1 amide bonds. The van der Waals surface area contributed by atoms with Crippen LogP contribution in [0.4, 0.5) is 17.5 Å². The van der Waals surface area contributed by atoms with Crippen LogP contribution in [0.3, 0.4) is 0 Å². The van der Waals surface area contributed by atoms with Gasteiger partial charge in [0.2, 0.25) is 11.9 Å². The zero-order valence-corrected chi connectivity index (χ0v) is 19.3. The summed E-state index contributed by atoms with van der Waals surface area (Å²) in [5.74, 6) is 2.25. The van der Waals surface area contributed by atoms with Gasteiger partial charge < -0.3 is 20.9 Å². The maximum absolute atomic E-state index is 12.6. The molecule has 2 heterocycles. The van der Waals surface area contributed by atoms with E-state index in [1.54, 1.807) is 0 Å². The molecule has 1 unspecified atom stereocenters. The molecule has 1 aliphatic heterocycles. The zero-order chi connectivity index (χ0) is 22.8. The van der Waals surface area contributed by atoms with Crippen LogP contribution in [-0.4, -0.2) is 48.6 Å². The maximum Gasteiger partial charge on any atom is 0.242 e. The fourth-order valence-electron chi connectivity index (χ4n) is 4.98. The van der Waals surface area contributed by atoms with Crippen LogP contribution in [0.1, 0.15) is 31.2 Å². The van der Waals surface area contributed by atoms with Gasteiger partial charge in [0.15, 0.2) is 0 Å². The van der Waals surface area contributed by atoms with Crippen molar-refractivity contribution in [3.63, 3.8) is 0 Å². The summed E-state index contributed by atoms with van der Waals surface area (Å²) in [5, 5.41) is 11.1. The van der Waals surface area contributed by atoms with Crippen LogP contribution in [0.5, 0.6) is 0 Å². The minimum Gasteiger partial charge on any atom is -0.373 e. The van der Waals surface area contributed by atoms with Crippen LogP contribution >= 0.6 is 0 Å². The van der Waals surface area contributed by atoms with Crippen LogP contribution in [0.2, 0.25) is 0 Å². The van der Waals surface area contributed by atoms with E-state index in [4.69, 9.17) is 9.97 Å². The smallest absolute Gasteiger partial charge is 0.242 e. The highest BCUT2D eigenvalue weighted by molar-refractivity contribution is 5.90. The fraction of sp³-hybridized carbons (Fsp3) is 0.423. The molecule has 7 heteroatoms. The Bertz CT molecular complexity index is 1110. The van der Waals surface area contributed by atoms with Gasteiger partial charge in [-0.2, -0.15) is 4.98 Å². The average Bonchev–Trinajstić information content (AvgIpc) is 3.27. The van der Waals surface area contributed by atoms with E-state index in [0.29, 0.717) is 17.9 Å². The van der Waals surface area contributed by atoms with Gasteiger partial charge in [-0.25, -0.2) is 4.98 Å². The van der Waals surface area contributed by atoms with Gasteiger partial charge in [0.25, 0.3) is 0 Å². The van der Waals surface area contributed by atoms with E-state index in [9.17, 15) is 4.79 Å². The number of hydrogen-bond donors (Lipinski definition) is 3. The van der Waals surface area contributed by atoms with E-state index in [2.05, 4.69) is 28.1 Å². The molecular weight excluding hydrogens is 412 g/mol. The summed E-state index contributed by atoms with van der Waals surface area (Å²) in [7, 11) is 4.02. The number of carbonyl (C=O) groups excluding carboxylic acids is 1. The molecule has 2 aromatic carbocycles. The lowest BCUT2D eigenvalue weighted by molar-refractivity contribution is -0.121. The summed E-state index contributed by atoms with van der Waals surface area (Å²) in [6, 6.07) is 16.5. The first kappa shape index (κ1) is 21.5. The van der Waals surface area contributed by atoms with Crippen molar-refractivity contribution in [3.05, 3.63) is 54.1 Å². The standard InChI is InChI=1S/C26H32N6O/c1-32(2)24-20-8-4-6-10-22(20)30-26(31-24)28-19-13-11-17(12-14-19)16-27-25(33)23-15-18-7-3-5-9-21(18)29-23/h3-10,17,19,23,29H,11-16H2,1-2H3,(H,27,33)(H,28,30,31)/t17-,19+,23?. The van der Waals surface area contributed by atoms with Gasteiger partial charge in [0.05, 0.1) is 5.52 Å². The SMILES string of the molecule is CN(C)c1nc(N[C@H]2CC[C@@H](CNC(=O)C3Cc4ccccc4N3)CC2)nc2ccccc12. The Kier molecular flexibility index (Phi) is 6.03. The number of amides is 1. The van der Waals surface area contributed by atoms with E-state index in [1.165, 1.54) is 5.56 Å². The molecule has 0 saturated heterocycles. The first-order chi connectivity index (χ1) is 16.1. The Morgan fingerprint density at radius 2 is 1.79 bits per heavy atom. The summed E-state index contributed by atoms with van der Waals surface area (Å²) in [5.41, 5.74) is 3.26. The fourth-order valence-corrected chi connectivity index (χ4v) is 4.98. The number of benzene rings is 2. The second-order valence-corrected chi connectivity index (χ2v) is 9.45. The number of aromatic nitrogens is 2. The molecule has 2 aliphatic rings. The molecule has 5 rings (SSSR count). The van der Waals surface area contributed by atoms with Gasteiger partial charge in [0.1, 0.15) is 11.9 Å². The average molecular weight is 445 g/mol. The maximum atomic E-state index is 12.6. The molecular formula is C26H32N6O. The number of carbonyl (C=O) groups is 1. The van der Waals surface area contributed by atoms with Crippen LogP contribution in [0.25, 0.3) is 10.9 Å². The van der Waals surface area contributed by atoms with Crippen LogP contribution in [0.15, 0.2) is 48.5 Å². The van der Waals surface area contributed by atoms with Gasteiger partial charge in [-0.3, -0.25) is 4.79 Å². The van der Waals surface area contributed by atoms with Crippen molar-refractivity contribution in [3.8, 4) is 0 Å². The monoisotopic (exact) mass is 444 g/mol. The van der Waals surface area contributed by atoms with Crippen molar-refractivity contribution >= 4 is 34.3 Å². The highest BCUT2D eigenvalue weighted by atomic mass is 16.2. The Labute approximate surface area is 195 Å². The Morgan fingerprint density at radius 3 is 2.58 bits per heavy atom. The summed E-state index contributed by atoms with van der Waals surface area (Å²) in [4.78, 5) is 24.2. The van der Waals surface area contributed by atoms with Crippen molar-refractivity contribution in [2.24, 2.45) is 5.92 Å². The van der Waals surface area contributed by atoms with Crippen LogP contribution in [-0.2, 0) is 11.2 Å². The lowest BCUT2D eigenvalue weighted by Gasteiger charge is -2.29. The Hall–Kier alpha value is -3.35. The second kappa shape index (κ2) is 9.25. The van der Waals surface area contributed by atoms with Crippen molar-refractivity contribution in [1.82, 2.24) is 15.3 Å². The predicted molar refractivity (Wildman–Crippen MR) is 134 cm³/mol. The third-order valence-electron chi connectivity index (χ3n) is 6.84. The van der Waals surface area contributed by atoms with Crippen molar-refractivity contribution in [2.75, 3.05) is 36.2 Å². The van der Waals surface area contributed by atoms with E-state index < -0.39 is 0 Å². The van der Waals surface area contributed by atoms with Gasteiger partial charge in [-0.05, 0) is 55.4 Å². The lowest BCUT2D eigenvalue weighted by atomic mass is 9.86. The Morgan fingerprint density at radius 1 is 1.03 bits per heavy atom. The lowest BCUT2D eigenvalue weighted by Crippen LogP contribution is -2.41. The highest BCUT2D eigenvalue weighted by Gasteiger charge is 2.28. The van der Waals surface area contributed by atoms with Crippen molar-refractivity contribution in [1.29, 1.82) is 0 Å². The summed E-state index contributed by atoms with van der Waals surface area (Å²) < 4.78 is 0. The first-order valence-corrected chi connectivity index (χ1v) is 11.9. The quantitative estimate of drug-likeness (QED) is 0.536. The number of fused-ring (bicyclic) bond motifs is 2. The Balaban J connectivity index is 1.12. The molecule has 3 aromatic rings. The van der Waals surface area contributed by atoms with E-state index >= 15 is 0 Å². The number of rotatable bonds is 6. The third kappa shape index (κ3) is 4.72. The van der Waals surface area contributed by atoms with Crippen LogP contribution < -0.4 is 20.9 Å². The molecule has 33 heavy (non-hydrogen) atoms. The van der Waals surface area contributed by atoms with Crippen molar-refractivity contribution < 1.29 is 4.79 Å². The number of nitrogens with one attached hydrogen (secondary N) is 3. The van der Waals surface area contributed by atoms with Gasteiger partial charge >= 0.3 is 0 Å². The summed E-state index contributed by atoms with van der Waals surface area (Å²) >= 11 is 0. The van der Waals surface area contributed by atoms with Crippen molar-refractivity contribution in [2.45, 2.75) is 44.2 Å². The molecule has 1 saturated carbocycles. The van der Waals surface area contributed by atoms with E-state index in [0.717, 1.165) is 61.1 Å². The third-order valence-corrected chi connectivity index (χ3v) is 6.84. The molecule has 1 aliphatic carbocycles. The molecule has 0 spiro atoms. The largest absolute Gasteiger partial charge is 0.373 e. The first-order valence-electron chi connectivity index (χ1n) is 11.9. The van der Waals surface area contributed by atoms with Crippen LogP contribution in [0, 0.1) is 5.92 Å². The molecule has 1 atom stereocenters. The minimum atomic E-state index is -0.156. The number of hydrogen-bond acceptors (Lipinski definition) is 6.